The predicted octanol–water partition coefficient (Wildman–Crippen LogP) is 3.85. The Morgan fingerprint density at radius 3 is 2.56 bits per heavy atom. The molecule has 1 amide bonds. The average molecular weight is 342 g/mol. The Morgan fingerprint density at radius 1 is 1.20 bits per heavy atom. The van der Waals surface area contributed by atoms with E-state index in [-0.39, 0.29) is 12.0 Å². The highest BCUT2D eigenvalue weighted by Crippen LogP contribution is 2.20. The van der Waals surface area contributed by atoms with Crippen LogP contribution in [0.15, 0.2) is 30.3 Å². The zero-order valence-corrected chi connectivity index (χ0v) is 15.3. The molecule has 2 N–H and O–H groups in total. The molecule has 0 radical (unpaired) electrons. The van der Waals surface area contributed by atoms with Gasteiger partial charge in [-0.15, -0.1) is 0 Å². The molecule has 6 nitrogen and oxygen atoms in total. The molecule has 1 aromatic carbocycles. The molecule has 25 heavy (non-hydrogen) atoms. The monoisotopic (exact) mass is 342 g/mol. The van der Waals surface area contributed by atoms with Gasteiger partial charge in [0, 0.05) is 18.3 Å². The lowest BCUT2D eigenvalue weighted by atomic mass is 10.3. The third-order valence-electron chi connectivity index (χ3n) is 3.38. The summed E-state index contributed by atoms with van der Waals surface area (Å²) in [5.74, 6) is 1.77. The fraction of sp³-hybridized carbons (Fsp3) is 0.421. The van der Waals surface area contributed by atoms with Gasteiger partial charge in [0.1, 0.15) is 23.1 Å². The number of aryl methyl sites for hydroxylation is 1. The zero-order valence-electron chi connectivity index (χ0n) is 15.3. The van der Waals surface area contributed by atoms with Gasteiger partial charge in [0.15, 0.2) is 0 Å². The Hall–Kier alpha value is -2.63. The van der Waals surface area contributed by atoms with Crippen molar-refractivity contribution in [3.8, 4) is 5.75 Å². The van der Waals surface area contributed by atoms with E-state index in [2.05, 4.69) is 27.5 Å². The summed E-state index contributed by atoms with van der Waals surface area (Å²) in [6, 6.07) is 9.28. The number of hydrogen-bond acceptors (Lipinski definition) is 5. The van der Waals surface area contributed by atoms with Crippen LogP contribution in [-0.2, 0) is 0 Å². The summed E-state index contributed by atoms with van der Waals surface area (Å²) >= 11 is 0. The number of nitrogens with zero attached hydrogens (tertiary/aromatic N) is 2. The summed E-state index contributed by atoms with van der Waals surface area (Å²) in [6.45, 7) is 8.48. The lowest BCUT2D eigenvalue weighted by Crippen LogP contribution is -2.25. The topological polar surface area (TPSA) is 76.1 Å². The van der Waals surface area contributed by atoms with Crippen molar-refractivity contribution in [2.75, 3.05) is 11.9 Å². The largest absolute Gasteiger partial charge is 0.491 e. The number of hydrogen-bond donors (Lipinski definition) is 2. The second-order valence-corrected chi connectivity index (χ2v) is 6.11. The van der Waals surface area contributed by atoms with Gasteiger partial charge in [-0.05, 0) is 51.5 Å². The van der Waals surface area contributed by atoms with Crippen LogP contribution in [0.1, 0.15) is 49.9 Å². The SMILES string of the molecule is CCCCNC(=O)c1cc(Nc2ccc(OC(C)C)cc2)nc(C)n1. The Bertz CT molecular complexity index is 699. The third-order valence-corrected chi connectivity index (χ3v) is 3.38. The number of ether oxygens (including phenoxy) is 1. The molecule has 2 aromatic rings. The molecule has 1 heterocycles. The number of anilines is 2. The van der Waals surface area contributed by atoms with Crippen molar-refractivity contribution in [1.29, 1.82) is 0 Å². The van der Waals surface area contributed by atoms with E-state index in [4.69, 9.17) is 4.74 Å². The van der Waals surface area contributed by atoms with E-state index in [1.165, 1.54) is 0 Å². The molecule has 1 aromatic heterocycles. The highest BCUT2D eigenvalue weighted by Gasteiger charge is 2.10. The standard InChI is InChI=1S/C19H26N4O2/c1-5-6-11-20-19(24)17-12-18(22-14(4)21-17)23-15-7-9-16(10-8-15)25-13(2)3/h7-10,12-13H,5-6,11H2,1-4H3,(H,20,24)(H,21,22,23). The lowest BCUT2D eigenvalue weighted by molar-refractivity contribution is 0.0948. The zero-order chi connectivity index (χ0) is 18.2. The van der Waals surface area contributed by atoms with Crippen molar-refractivity contribution < 1.29 is 9.53 Å². The van der Waals surface area contributed by atoms with E-state index < -0.39 is 0 Å². The number of rotatable bonds is 8. The van der Waals surface area contributed by atoms with Gasteiger partial charge in [-0.3, -0.25) is 4.79 Å². The molecule has 0 saturated carbocycles. The van der Waals surface area contributed by atoms with E-state index >= 15 is 0 Å². The molecule has 0 aliphatic rings. The number of carbonyl (C=O) groups is 1. The van der Waals surface area contributed by atoms with Crippen molar-refractivity contribution >= 4 is 17.4 Å². The molecule has 0 spiro atoms. The van der Waals surface area contributed by atoms with Gasteiger partial charge < -0.3 is 15.4 Å². The van der Waals surface area contributed by atoms with Gasteiger partial charge in [-0.25, -0.2) is 9.97 Å². The molecule has 134 valence electrons. The molecule has 0 saturated heterocycles. The highest BCUT2D eigenvalue weighted by molar-refractivity contribution is 5.93. The number of benzene rings is 1. The van der Waals surface area contributed by atoms with Crippen molar-refractivity contribution in [2.24, 2.45) is 0 Å². The van der Waals surface area contributed by atoms with Crippen LogP contribution in [-0.4, -0.2) is 28.5 Å². The quantitative estimate of drug-likeness (QED) is 0.713. The average Bonchev–Trinajstić information content (AvgIpc) is 2.56. The minimum Gasteiger partial charge on any atom is -0.491 e. The van der Waals surface area contributed by atoms with E-state index in [0.717, 1.165) is 24.3 Å². The van der Waals surface area contributed by atoms with E-state index in [1.54, 1.807) is 13.0 Å². The van der Waals surface area contributed by atoms with Crippen LogP contribution in [0.4, 0.5) is 11.5 Å². The minimum atomic E-state index is -0.178. The Balaban J connectivity index is 2.07. The summed E-state index contributed by atoms with van der Waals surface area (Å²) in [4.78, 5) is 20.7. The van der Waals surface area contributed by atoms with E-state index in [9.17, 15) is 4.79 Å². The molecule has 0 unspecified atom stereocenters. The lowest BCUT2D eigenvalue weighted by Gasteiger charge is -2.11. The molecule has 0 bridgehead atoms. The molecule has 2 rings (SSSR count). The fourth-order valence-corrected chi connectivity index (χ4v) is 2.25. The third kappa shape index (κ3) is 6.06. The molecular weight excluding hydrogens is 316 g/mol. The molecule has 0 aliphatic heterocycles. The number of unbranched alkanes of at least 4 members (excludes halogenated alkanes) is 1. The van der Waals surface area contributed by atoms with Gasteiger partial charge >= 0.3 is 0 Å². The maximum atomic E-state index is 12.2. The summed E-state index contributed by atoms with van der Waals surface area (Å²) < 4.78 is 5.63. The van der Waals surface area contributed by atoms with E-state index in [0.29, 0.717) is 23.9 Å². The number of aromatic nitrogens is 2. The van der Waals surface area contributed by atoms with Gasteiger partial charge in [0.05, 0.1) is 6.10 Å². The summed E-state index contributed by atoms with van der Waals surface area (Å²) in [6.07, 6.45) is 2.12. The van der Waals surface area contributed by atoms with Gasteiger partial charge in [0.2, 0.25) is 0 Å². The summed E-state index contributed by atoms with van der Waals surface area (Å²) in [5.41, 5.74) is 1.23. The second-order valence-electron chi connectivity index (χ2n) is 6.11. The van der Waals surface area contributed by atoms with Crippen molar-refractivity contribution in [3.63, 3.8) is 0 Å². The first-order valence-corrected chi connectivity index (χ1v) is 8.65. The van der Waals surface area contributed by atoms with Crippen LogP contribution >= 0.6 is 0 Å². The van der Waals surface area contributed by atoms with Crippen LogP contribution < -0.4 is 15.4 Å². The first-order chi connectivity index (χ1) is 12.0. The van der Waals surface area contributed by atoms with Gasteiger partial charge in [-0.1, -0.05) is 13.3 Å². The molecule has 6 heteroatoms. The fourth-order valence-electron chi connectivity index (χ4n) is 2.25. The van der Waals surface area contributed by atoms with Crippen LogP contribution in [0.2, 0.25) is 0 Å². The Kier molecular flexibility index (Phi) is 6.74. The maximum Gasteiger partial charge on any atom is 0.270 e. The minimum absolute atomic E-state index is 0.136. The Morgan fingerprint density at radius 2 is 1.92 bits per heavy atom. The number of nitrogens with one attached hydrogen (secondary N) is 2. The maximum absolute atomic E-state index is 12.2. The van der Waals surface area contributed by atoms with Crippen LogP contribution in [0.3, 0.4) is 0 Å². The molecule has 0 aliphatic carbocycles. The van der Waals surface area contributed by atoms with Gasteiger partial charge in [0.25, 0.3) is 5.91 Å². The normalized spacial score (nSPS) is 10.6. The smallest absolute Gasteiger partial charge is 0.270 e. The Labute approximate surface area is 149 Å². The predicted molar refractivity (Wildman–Crippen MR) is 99.5 cm³/mol. The van der Waals surface area contributed by atoms with Crippen molar-refractivity contribution in [2.45, 2.75) is 46.6 Å². The summed E-state index contributed by atoms with van der Waals surface area (Å²) in [5, 5.41) is 6.07. The van der Waals surface area contributed by atoms with Gasteiger partial charge in [-0.2, -0.15) is 0 Å². The van der Waals surface area contributed by atoms with Crippen LogP contribution in [0, 0.1) is 6.92 Å². The van der Waals surface area contributed by atoms with Crippen LogP contribution in [0.25, 0.3) is 0 Å². The highest BCUT2D eigenvalue weighted by atomic mass is 16.5. The van der Waals surface area contributed by atoms with E-state index in [1.807, 2.05) is 38.1 Å². The second kappa shape index (κ2) is 9.01. The molecule has 0 fully saturated rings. The summed E-state index contributed by atoms with van der Waals surface area (Å²) in [7, 11) is 0. The number of carbonyl (C=O) groups excluding carboxylic acids is 1. The molecule has 0 atom stereocenters. The van der Waals surface area contributed by atoms with Crippen LogP contribution in [0.5, 0.6) is 5.75 Å². The van der Waals surface area contributed by atoms with Crippen molar-refractivity contribution in [1.82, 2.24) is 15.3 Å². The number of amides is 1. The first kappa shape index (κ1) is 18.7. The molecular formula is C19H26N4O2. The first-order valence-electron chi connectivity index (χ1n) is 8.65. The van der Waals surface area contributed by atoms with Crippen molar-refractivity contribution in [3.05, 3.63) is 41.9 Å².